The average molecular weight is 856 g/mol. The highest BCUT2D eigenvalue weighted by molar-refractivity contribution is 7.45. The summed E-state index contributed by atoms with van der Waals surface area (Å²) in [5.74, 6) is -0.854. The van der Waals surface area contributed by atoms with Gasteiger partial charge in [0.15, 0.2) is 6.10 Å². The largest absolute Gasteiger partial charge is 0.756 e. The van der Waals surface area contributed by atoms with Gasteiger partial charge in [-0.05, 0) is 64.2 Å². The van der Waals surface area contributed by atoms with E-state index >= 15 is 0 Å². The molecule has 1 aliphatic rings. The van der Waals surface area contributed by atoms with Gasteiger partial charge in [0, 0.05) is 12.8 Å². The number of epoxide rings is 1. The van der Waals surface area contributed by atoms with E-state index in [1.165, 1.54) is 103 Å². The zero-order chi connectivity index (χ0) is 43.3. The van der Waals surface area contributed by atoms with Crippen LogP contribution in [0.25, 0.3) is 0 Å². The Hall–Kier alpha value is -1.55. The minimum atomic E-state index is -4.63. The molecule has 1 fully saturated rings. The molecule has 59 heavy (non-hydrogen) atoms. The molecule has 0 N–H and O–H groups in total. The van der Waals surface area contributed by atoms with Crippen LogP contribution in [0.4, 0.5) is 0 Å². The van der Waals surface area contributed by atoms with E-state index in [1.54, 1.807) is 0 Å². The maximum absolute atomic E-state index is 12.7. The van der Waals surface area contributed by atoms with E-state index in [0.717, 1.165) is 64.2 Å². The minimum absolute atomic E-state index is 0.0353. The van der Waals surface area contributed by atoms with Crippen LogP contribution < -0.4 is 4.89 Å². The van der Waals surface area contributed by atoms with Crippen LogP contribution in [0.15, 0.2) is 24.3 Å². The number of nitrogens with zero attached hydrogens (tertiary/aromatic N) is 1. The molecule has 10 nitrogen and oxygen atoms in total. The van der Waals surface area contributed by atoms with Crippen molar-refractivity contribution in [3.8, 4) is 0 Å². The quantitative estimate of drug-likeness (QED) is 0.0147. The van der Waals surface area contributed by atoms with Gasteiger partial charge in [0.1, 0.15) is 19.8 Å². The first-order chi connectivity index (χ1) is 28.5. The monoisotopic (exact) mass is 856 g/mol. The van der Waals surface area contributed by atoms with Crippen LogP contribution in [0.5, 0.6) is 0 Å². The number of hydrogen-bond acceptors (Lipinski definition) is 9. The molecule has 11 heteroatoms. The lowest BCUT2D eigenvalue weighted by Crippen LogP contribution is -2.37. The van der Waals surface area contributed by atoms with Crippen LogP contribution >= 0.6 is 7.82 Å². The lowest BCUT2D eigenvalue weighted by molar-refractivity contribution is -0.870. The SMILES string of the molecule is CCCCC/C=C\CC1OC1CCCCCCCC(=O)OC[C@H](COP(=O)([O-])OCC[N+](C)(C)C)OC(=O)CCCCCCCCCCC/C=C\CCCCCCCC. The molecule has 1 aliphatic heterocycles. The second kappa shape index (κ2) is 37.0. The van der Waals surface area contributed by atoms with E-state index in [1.807, 2.05) is 21.1 Å². The molecule has 0 aromatic heterocycles. The Morgan fingerprint density at radius 1 is 0.610 bits per heavy atom. The summed E-state index contributed by atoms with van der Waals surface area (Å²) in [5.41, 5.74) is 0. The number of allylic oxidation sites excluding steroid dienone is 3. The summed E-state index contributed by atoms with van der Waals surface area (Å²) in [7, 11) is 1.15. The fourth-order valence-corrected chi connectivity index (χ4v) is 7.68. The molecule has 0 saturated carbocycles. The number of phosphoric acid groups is 1. The fraction of sp³-hybridized carbons (Fsp3) is 0.875. The van der Waals surface area contributed by atoms with E-state index in [2.05, 4.69) is 38.2 Å². The van der Waals surface area contributed by atoms with Gasteiger partial charge in [0.25, 0.3) is 7.82 Å². The van der Waals surface area contributed by atoms with Gasteiger partial charge in [0.05, 0.1) is 40.0 Å². The van der Waals surface area contributed by atoms with Crippen molar-refractivity contribution in [2.75, 3.05) is 47.5 Å². The number of likely N-dealkylation sites (N-methyl/N-ethyl adjacent to an activating group) is 1. The Bertz CT molecular complexity index is 1120. The Kier molecular flexibility index (Phi) is 34.8. The van der Waals surface area contributed by atoms with Crippen LogP contribution in [0, 0.1) is 0 Å². The van der Waals surface area contributed by atoms with E-state index in [4.69, 9.17) is 23.3 Å². The number of carbonyl (C=O) groups excluding carboxylic acids is 2. The highest BCUT2D eigenvalue weighted by Crippen LogP contribution is 2.38. The minimum Gasteiger partial charge on any atom is -0.756 e. The molecule has 346 valence electrons. The third-order valence-corrected chi connectivity index (χ3v) is 11.8. The molecule has 0 aromatic carbocycles. The second-order valence-electron chi connectivity index (χ2n) is 17.9. The van der Waals surface area contributed by atoms with Crippen molar-refractivity contribution in [2.45, 2.75) is 225 Å². The number of hydrogen-bond donors (Lipinski definition) is 0. The average Bonchev–Trinajstić information content (AvgIpc) is 3.94. The topological polar surface area (TPSA) is 124 Å². The van der Waals surface area contributed by atoms with Crippen molar-refractivity contribution in [3.63, 3.8) is 0 Å². The van der Waals surface area contributed by atoms with Crippen molar-refractivity contribution in [1.29, 1.82) is 0 Å². The molecule has 0 amide bonds. The van der Waals surface area contributed by atoms with Gasteiger partial charge in [-0.2, -0.15) is 0 Å². The summed E-state index contributed by atoms with van der Waals surface area (Å²) < 4.78 is 39.8. The molecular formula is C48H90NO9P. The molecule has 0 spiro atoms. The molecule has 3 unspecified atom stereocenters. The van der Waals surface area contributed by atoms with Crippen molar-refractivity contribution in [1.82, 2.24) is 0 Å². The molecule has 0 aromatic rings. The first kappa shape index (κ1) is 55.5. The number of phosphoric ester groups is 1. The van der Waals surface area contributed by atoms with Gasteiger partial charge in [-0.3, -0.25) is 14.2 Å². The number of quaternary nitrogens is 1. The standard InChI is InChI=1S/C48H90NO9P/c1-6-8-10-12-14-15-16-17-18-19-20-21-22-23-24-25-26-30-35-39-48(51)57-44(43-56-59(52,53)55-41-40-49(3,4)5)42-54-47(50)38-34-31-27-29-33-37-46-45(58-46)36-32-28-13-11-9-7-2/h17-18,28,32,44-46H,6-16,19-27,29-31,33-43H2,1-5H3/b18-17-,32-28-/t44-,45?,46?/m1/s1. The highest BCUT2D eigenvalue weighted by atomic mass is 31.2. The van der Waals surface area contributed by atoms with Gasteiger partial charge in [-0.25, -0.2) is 0 Å². The van der Waals surface area contributed by atoms with Gasteiger partial charge in [-0.1, -0.05) is 154 Å². The number of ether oxygens (including phenoxy) is 3. The maximum atomic E-state index is 12.7. The van der Waals surface area contributed by atoms with Crippen molar-refractivity contribution in [2.24, 2.45) is 0 Å². The van der Waals surface area contributed by atoms with Gasteiger partial charge in [0.2, 0.25) is 0 Å². The van der Waals surface area contributed by atoms with E-state index < -0.39 is 32.5 Å². The summed E-state index contributed by atoms with van der Waals surface area (Å²) >= 11 is 0. The van der Waals surface area contributed by atoms with Crippen molar-refractivity contribution >= 4 is 19.8 Å². The van der Waals surface area contributed by atoms with Gasteiger partial charge in [-0.15, -0.1) is 0 Å². The van der Waals surface area contributed by atoms with Crippen molar-refractivity contribution < 1.29 is 46.8 Å². The zero-order valence-corrected chi connectivity index (χ0v) is 39.5. The molecule has 4 atom stereocenters. The fourth-order valence-electron chi connectivity index (χ4n) is 6.95. The number of esters is 2. The third kappa shape index (κ3) is 37.9. The number of carbonyl (C=O) groups is 2. The molecule has 1 saturated heterocycles. The van der Waals surface area contributed by atoms with Crippen molar-refractivity contribution in [3.05, 3.63) is 24.3 Å². The van der Waals surface area contributed by atoms with E-state index in [-0.39, 0.29) is 26.1 Å². The normalized spacial score (nSPS) is 17.1. The summed E-state index contributed by atoms with van der Waals surface area (Å²) in [6.07, 6.45) is 42.2. The lowest BCUT2D eigenvalue weighted by atomic mass is 10.1. The summed E-state index contributed by atoms with van der Waals surface area (Å²) in [5, 5.41) is 0. The summed E-state index contributed by atoms with van der Waals surface area (Å²) in [4.78, 5) is 37.7. The first-order valence-electron chi connectivity index (χ1n) is 24.2. The predicted molar refractivity (Wildman–Crippen MR) is 240 cm³/mol. The summed E-state index contributed by atoms with van der Waals surface area (Å²) in [6, 6.07) is 0. The van der Waals surface area contributed by atoms with Crippen LogP contribution in [0.1, 0.15) is 206 Å². The number of rotatable bonds is 43. The molecule has 0 radical (unpaired) electrons. The first-order valence-corrected chi connectivity index (χ1v) is 25.6. The van der Waals surface area contributed by atoms with E-state index in [0.29, 0.717) is 36.1 Å². The number of unbranched alkanes of at least 4 members (excludes halogenated alkanes) is 22. The predicted octanol–water partition coefficient (Wildman–Crippen LogP) is 12.3. The van der Waals surface area contributed by atoms with Crippen LogP contribution in [-0.2, 0) is 37.4 Å². The molecular weight excluding hydrogens is 765 g/mol. The zero-order valence-electron chi connectivity index (χ0n) is 38.7. The van der Waals surface area contributed by atoms with Crippen LogP contribution in [0.2, 0.25) is 0 Å². The van der Waals surface area contributed by atoms with Crippen LogP contribution in [-0.4, -0.2) is 82.2 Å². The lowest BCUT2D eigenvalue weighted by Gasteiger charge is -2.28. The van der Waals surface area contributed by atoms with Crippen LogP contribution in [0.3, 0.4) is 0 Å². The Labute approximate surface area is 362 Å². The molecule has 0 bridgehead atoms. The molecule has 1 rings (SSSR count). The molecule has 0 aliphatic carbocycles. The van der Waals surface area contributed by atoms with Gasteiger partial charge < -0.3 is 32.6 Å². The molecule has 1 heterocycles. The smallest absolute Gasteiger partial charge is 0.306 e. The Balaban J connectivity index is 2.24. The van der Waals surface area contributed by atoms with E-state index in [9.17, 15) is 19.0 Å². The maximum Gasteiger partial charge on any atom is 0.306 e. The van der Waals surface area contributed by atoms with Gasteiger partial charge >= 0.3 is 11.9 Å². The Morgan fingerprint density at radius 3 is 1.66 bits per heavy atom. The Morgan fingerprint density at radius 2 is 1.08 bits per heavy atom. The highest BCUT2D eigenvalue weighted by Gasteiger charge is 2.36. The third-order valence-electron chi connectivity index (χ3n) is 10.9. The second-order valence-corrected chi connectivity index (χ2v) is 19.3. The summed E-state index contributed by atoms with van der Waals surface area (Å²) in [6.45, 7) is 4.18.